The van der Waals surface area contributed by atoms with E-state index in [4.69, 9.17) is 15.5 Å². The summed E-state index contributed by atoms with van der Waals surface area (Å²) in [6.07, 6.45) is 5.79. The van der Waals surface area contributed by atoms with Gasteiger partial charge in [0.05, 0.1) is 5.69 Å². The van der Waals surface area contributed by atoms with Gasteiger partial charge >= 0.3 is 0 Å². The Bertz CT molecular complexity index is 1550. The van der Waals surface area contributed by atoms with E-state index in [0.29, 0.717) is 18.4 Å². The van der Waals surface area contributed by atoms with Gasteiger partial charge in [0.1, 0.15) is 5.69 Å². The fourth-order valence-electron chi connectivity index (χ4n) is 5.12. The van der Waals surface area contributed by atoms with Crippen molar-refractivity contribution in [2.24, 2.45) is 5.73 Å². The SMILES string of the molecule is NC1CCC1c1ccc(-c2nc3c(cc2-c2ccccc2)-n2c(nnc2-c2cccnc2)CO3)cc1. The molecule has 3 aromatic heterocycles. The molecule has 176 valence electrons. The van der Waals surface area contributed by atoms with Gasteiger partial charge in [-0.25, -0.2) is 4.98 Å². The summed E-state index contributed by atoms with van der Waals surface area (Å²) in [6.45, 7) is 0.301. The lowest BCUT2D eigenvalue weighted by molar-refractivity contribution is 0.268. The van der Waals surface area contributed by atoms with Crippen LogP contribution in [-0.2, 0) is 6.61 Å². The topological polar surface area (TPSA) is 91.7 Å². The quantitative estimate of drug-likeness (QED) is 0.389. The lowest BCUT2D eigenvalue weighted by Gasteiger charge is -2.34. The van der Waals surface area contributed by atoms with E-state index in [0.717, 1.165) is 58.1 Å². The molecule has 0 saturated heterocycles. The summed E-state index contributed by atoms with van der Waals surface area (Å²) in [6, 6.07) is 25.3. The number of nitrogens with zero attached hydrogens (tertiary/aromatic N) is 5. The number of hydrogen-bond acceptors (Lipinski definition) is 6. The summed E-state index contributed by atoms with van der Waals surface area (Å²) in [5, 5.41) is 8.83. The Balaban J connectivity index is 1.39. The van der Waals surface area contributed by atoms with Gasteiger partial charge in [0.25, 0.3) is 0 Å². The number of aromatic nitrogens is 5. The second-order valence-corrected chi connectivity index (χ2v) is 9.35. The fourth-order valence-corrected chi connectivity index (χ4v) is 5.12. The first-order valence-electron chi connectivity index (χ1n) is 12.2. The summed E-state index contributed by atoms with van der Waals surface area (Å²) < 4.78 is 8.12. The maximum Gasteiger partial charge on any atom is 0.239 e. The van der Waals surface area contributed by atoms with Gasteiger partial charge in [0, 0.05) is 35.1 Å². The van der Waals surface area contributed by atoms with Crippen molar-refractivity contribution in [1.82, 2.24) is 24.7 Å². The predicted molar refractivity (Wildman–Crippen MR) is 138 cm³/mol. The molecule has 2 N–H and O–H groups in total. The fraction of sp³-hybridized carbons (Fsp3) is 0.172. The molecule has 2 atom stereocenters. The first kappa shape index (κ1) is 21.0. The molecule has 5 aromatic rings. The van der Waals surface area contributed by atoms with Crippen LogP contribution in [-0.4, -0.2) is 30.8 Å². The molecule has 1 aliphatic heterocycles. The van der Waals surface area contributed by atoms with Crippen LogP contribution in [0.5, 0.6) is 5.88 Å². The summed E-state index contributed by atoms with van der Waals surface area (Å²) in [4.78, 5) is 9.32. The molecule has 0 amide bonds. The van der Waals surface area contributed by atoms with Crippen LogP contribution in [0.1, 0.15) is 30.1 Å². The number of ether oxygens (including phenoxy) is 1. The molecule has 2 aliphatic rings. The van der Waals surface area contributed by atoms with E-state index in [1.807, 2.05) is 34.9 Å². The van der Waals surface area contributed by atoms with Crippen molar-refractivity contribution in [1.29, 1.82) is 0 Å². The van der Waals surface area contributed by atoms with Gasteiger partial charge in [-0.2, -0.15) is 0 Å². The molecule has 36 heavy (non-hydrogen) atoms. The molecule has 0 radical (unpaired) electrons. The van der Waals surface area contributed by atoms with Crippen LogP contribution in [0.15, 0.2) is 85.2 Å². The Labute approximate surface area is 208 Å². The predicted octanol–water partition coefficient (Wildman–Crippen LogP) is 5.16. The number of benzene rings is 2. The third kappa shape index (κ3) is 3.39. The Morgan fingerprint density at radius 1 is 0.861 bits per heavy atom. The number of pyridine rings is 2. The lowest BCUT2D eigenvalue weighted by atomic mass is 9.75. The second-order valence-electron chi connectivity index (χ2n) is 9.35. The van der Waals surface area contributed by atoms with E-state index in [-0.39, 0.29) is 6.04 Å². The van der Waals surface area contributed by atoms with Gasteiger partial charge in [-0.05, 0) is 48.1 Å². The van der Waals surface area contributed by atoms with Crippen LogP contribution in [0.4, 0.5) is 0 Å². The molecule has 0 spiro atoms. The summed E-state index contributed by atoms with van der Waals surface area (Å²) >= 11 is 0. The van der Waals surface area contributed by atoms with E-state index < -0.39 is 0 Å². The molecule has 7 nitrogen and oxygen atoms in total. The normalized spacial score (nSPS) is 18.0. The molecule has 1 aliphatic carbocycles. The van der Waals surface area contributed by atoms with Crippen LogP contribution < -0.4 is 10.5 Å². The minimum atomic E-state index is 0.262. The van der Waals surface area contributed by atoms with Crippen molar-refractivity contribution >= 4 is 0 Å². The Morgan fingerprint density at radius 2 is 1.69 bits per heavy atom. The third-order valence-electron chi connectivity index (χ3n) is 7.22. The zero-order valence-electron chi connectivity index (χ0n) is 19.6. The van der Waals surface area contributed by atoms with E-state index in [1.165, 1.54) is 5.56 Å². The van der Waals surface area contributed by atoms with Crippen LogP contribution >= 0.6 is 0 Å². The Morgan fingerprint density at radius 3 is 2.42 bits per heavy atom. The highest BCUT2D eigenvalue weighted by atomic mass is 16.5. The van der Waals surface area contributed by atoms with E-state index >= 15 is 0 Å². The third-order valence-corrected chi connectivity index (χ3v) is 7.22. The molecular formula is C29H24N6O. The van der Waals surface area contributed by atoms with E-state index in [2.05, 4.69) is 57.6 Å². The first-order valence-corrected chi connectivity index (χ1v) is 12.2. The average molecular weight is 473 g/mol. The molecule has 4 heterocycles. The summed E-state index contributed by atoms with van der Waals surface area (Å²) in [7, 11) is 0. The van der Waals surface area contributed by atoms with Gasteiger partial charge in [-0.3, -0.25) is 9.55 Å². The standard InChI is InChI=1S/C29H24N6O/c30-24-13-12-22(24)19-8-10-20(11-9-19)27-23(18-5-2-1-3-6-18)15-25-29(32-27)36-17-26-33-34-28(35(25)26)21-7-4-14-31-16-21/h1-11,14-16,22,24H,12-13,17,30H2. The highest BCUT2D eigenvalue weighted by Crippen LogP contribution is 2.41. The number of fused-ring (bicyclic) bond motifs is 3. The first-order chi connectivity index (χ1) is 17.8. The molecule has 1 fully saturated rings. The number of hydrogen-bond donors (Lipinski definition) is 1. The molecule has 7 rings (SSSR count). The summed E-state index contributed by atoms with van der Waals surface area (Å²) in [5.41, 5.74) is 13.2. The van der Waals surface area contributed by atoms with Gasteiger partial charge < -0.3 is 10.5 Å². The molecule has 7 heteroatoms. The van der Waals surface area contributed by atoms with Crippen molar-refractivity contribution < 1.29 is 4.74 Å². The van der Waals surface area contributed by atoms with E-state index in [1.54, 1.807) is 12.4 Å². The minimum absolute atomic E-state index is 0.262. The van der Waals surface area contributed by atoms with Crippen LogP contribution in [0.25, 0.3) is 39.5 Å². The smallest absolute Gasteiger partial charge is 0.239 e. The molecule has 2 aromatic carbocycles. The molecule has 0 bridgehead atoms. The monoisotopic (exact) mass is 472 g/mol. The van der Waals surface area contributed by atoms with Crippen molar-refractivity contribution in [3.63, 3.8) is 0 Å². The number of rotatable bonds is 4. The van der Waals surface area contributed by atoms with Gasteiger partial charge in [0.2, 0.25) is 5.88 Å². The highest BCUT2D eigenvalue weighted by molar-refractivity contribution is 5.83. The maximum absolute atomic E-state index is 6.22. The maximum atomic E-state index is 6.22. The lowest BCUT2D eigenvalue weighted by Crippen LogP contribution is -2.37. The van der Waals surface area contributed by atoms with Gasteiger partial charge in [-0.15, -0.1) is 10.2 Å². The van der Waals surface area contributed by atoms with Crippen LogP contribution in [0.3, 0.4) is 0 Å². The van der Waals surface area contributed by atoms with Crippen molar-refractivity contribution in [3.05, 3.63) is 96.6 Å². The van der Waals surface area contributed by atoms with Crippen LogP contribution in [0.2, 0.25) is 0 Å². The largest absolute Gasteiger partial charge is 0.468 e. The minimum Gasteiger partial charge on any atom is -0.468 e. The average Bonchev–Trinajstić information content (AvgIpc) is 3.38. The van der Waals surface area contributed by atoms with Crippen molar-refractivity contribution in [2.75, 3.05) is 0 Å². The van der Waals surface area contributed by atoms with E-state index in [9.17, 15) is 0 Å². The van der Waals surface area contributed by atoms with Gasteiger partial charge in [0.15, 0.2) is 18.3 Å². The Kier molecular flexibility index (Phi) is 4.89. The molecular weight excluding hydrogens is 448 g/mol. The highest BCUT2D eigenvalue weighted by Gasteiger charge is 2.29. The zero-order valence-corrected chi connectivity index (χ0v) is 19.6. The second kappa shape index (κ2) is 8.39. The Hall–Kier alpha value is -4.36. The molecule has 2 unspecified atom stereocenters. The summed E-state index contributed by atoms with van der Waals surface area (Å²) in [5.74, 6) is 2.46. The van der Waals surface area contributed by atoms with Crippen LogP contribution in [0, 0.1) is 0 Å². The molecule has 1 saturated carbocycles. The van der Waals surface area contributed by atoms with Gasteiger partial charge in [-0.1, -0.05) is 54.6 Å². The van der Waals surface area contributed by atoms with Crippen molar-refractivity contribution in [3.8, 4) is 45.3 Å². The van der Waals surface area contributed by atoms with Crippen molar-refractivity contribution in [2.45, 2.75) is 31.4 Å². The number of nitrogens with two attached hydrogens (primary N) is 1. The zero-order chi connectivity index (χ0) is 24.1.